The molecule has 9 heteroatoms. The molecule has 1 amide bonds. The van der Waals surface area contributed by atoms with Crippen molar-refractivity contribution in [1.29, 1.82) is 0 Å². The van der Waals surface area contributed by atoms with Crippen LogP contribution in [0.1, 0.15) is 12.0 Å². The Hall–Kier alpha value is -2.91. The maximum atomic E-state index is 13.3. The molecule has 0 atom stereocenters. The maximum Gasteiger partial charge on any atom is 0.265 e. The van der Waals surface area contributed by atoms with Gasteiger partial charge in [-0.3, -0.25) is 9.10 Å². The first-order valence-electron chi connectivity index (χ1n) is 9.86. The standard InChI is InChI=1S/C22H20N2O5S2/c1-30(26,27)17-10-11-18-16(13-17)7-4-12-23(18)21(25)14-24-19-8-2-5-15-6-3-9-20(22(15)19)31(24,28)29/h2-3,5-6,8-11,13H,4,7,12,14H2,1H3. The summed E-state index contributed by atoms with van der Waals surface area (Å²) in [6.45, 7) is 0.137. The molecule has 0 saturated heterocycles. The van der Waals surface area contributed by atoms with Crippen LogP contribution in [0, 0.1) is 0 Å². The van der Waals surface area contributed by atoms with Crippen molar-refractivity contribution in [3.8, 4) is 0 Å². The fraction of sp³-hybridized carbons (Fsp3) is 0.227. The van der Waals surface area contributed by atoms with Gasteiger partial charge in [-0.05, 0) is 54.1 Å². The molecule has 0 unspecified atom stereocenters. The average molecular weight is 457 g/mol. The Balaban J connectivity index is 1.51. The second-order valence-corrected chi connectivity index (χ2v) is 11.7. The van der Waals surface area contributed by atoms with Crippen molar-refractivity contribution in [2.75, 3.05) is 28.6 Å². The molecule has 0 fully saturated rings. The van der Waals surface area contributed by atoms with E-state index in [9.17, 15) is 21.6 Å². The second kappa shape index (κ2) is 6.80. The van der Waals surface area contributed by atoms with Gasteiger partial charge >= 0.3 is 0 Å². The molecule has 0 radical (unpaired) electrons. The third kappa shape index (κ3) is 3.11. The van der Waals surface area contributed by atoms with E-state index in [1.165, 1.54) is 10.4 Å². The van der Waals surface area contributed by atoms with Crippen LogP contribution in [0.5, 0.6) is 0 Å². The molecule has 0 spiro atoms. The van der Waals surface area contributed by atoms with Crippen LogP contribution >= 0.6 is 0 Å². The minimum Gasteiger partial charge on any atom is -0.311 e. The summed E-state index contributed by atoms with van der Waals surface area (Å²) in [6.07, 6.45) is 2.49. The Labute approximate surface area is 180 Å². The van der Waals surface area contributed by atoms with E-state index in [1.807, 2.05) is 12.1 Å². The summed E-state index contributed by atoms with van der Waals surface area (Å²) in [5.41, 5.74) is 1.92. The van der Waals surface area contributed by atoms with Crippen molar-refractivity contribution in [1.82, 2.24) is 0 Å². The Kier molecular flexibility index (Phi) is 4.39. The first-order valence-corrected chi connectivity index (χ1v) is 13.2. The van der Waals surface area contributed by atoms with Gasteiger partial charge in [-0.1, -0.05) is 24.3 Å². The van der Waals surface area contributed by atoms with Crippen LogP contribution in [-0.2, 0) is 31.1 Å². The molecule has 0 aliphatic carbocycles. The number of sulfone groups is 1. The third-order valence-electron chi connectivity index (χ3n) is 5.86. The molecule has 7 nitrogen and oxygen atoms in total. The first kappa shape index (κ1) is 20.0. The highest BCUT2D eigenvalue weighted by Gasteiger charge is 2.38. The summed E-state index contributed by atoms with van der Waals surface area (Å²) in [5.74, 6) is -0.346. The van der Waals surface area contributed by atoms with Crippen LogP contribution in [0.3, 0.4) is 0 Å². The lowest BCUT2D eigenvalue weighted by atomic mass is 10.0. The molecule has 3 aromatic rings. The lowest BCUT2D eigenvalue weighted by molar-refractivity contribution is -0.117. The fourth-order valence-electron chi connectivity index (χ4n) is 4.40. The Bertz CT molecular complexity index is 1460. The van der Waals surface area contributed by atoms with Gasteiger partial charge in [0.1, 0.15) is 6.54 Å². The molecule has 5 rings (SSSR count). The summed E-state index contributed by atoms with van der Waals surface area (Å²) >= 11 is 0. The third-order valence-corrected chi connectivity index (χ3v) is 8.77. The summed E-state index contributed by atoms with van der Waals surface area (Å²) in [5, 5.41) is 1.44. The van der Waals surface area contributed by atoms with Crippen LogP contribution in [0.4, 0.5) is 11.4 Å². The quantitative estimate of drug-likeness (QED) is 0.604. The highest BCUT2D eigenvalue weighted by atomic mass is 32.2. The van der Waals surface area contributed by atoms with Crippen LogP contribution in [0.15, 0.2) is 64.4 Å². The normalized spacial score (nSPS) is 17.1. The first-order chi connectivity index (χ1) is 14.7. The van der Waals surface area contributed by atoms with Gasteiger partial charge in [0.2, 0.25) is 5.91 Å². The topological polar surface area (TPSA) is 91.8 Å². The van der Waals surface area contributed by atoms with E-state index in [-0.39, 0.29) is 22.2 Å². The second-order valence-electron chi connectivity index (χ2n) is 7.85. The number of carbonyl (C=O) groups is 1. The number of aryl methyl sites for hydroxylation is 1. The monoisotopic (exact) mass is 456 g/mol. The number of nitrogens with zero attached hydrogens (tertiary/aromatic N) is 2. The smallest absolute Gasteiger partial charge is 0.265 e. The van der Waals surface area contributed by atoms with Gasteiger partial charge < -0.3 is 4.90 Å². The highest BCUT2D eigenvalue weighted by Crippen LogP contribution is 2.42. The summed E-state index contributed by atoms with van der Waals surface area (Å²) in [4.78, 5) is 15.2. The van der Waals surface area contributed by atoms with E-state index >= 15 is 0 Å². The van der Waals surface area contributed by atoms with Gasteiger partial charge in [-0.25, -0.2) is 16.8 Å². The fourth-order valence-corrected chi connectivity index (χ4v) is 6.73. The largest absolute Gasteiger partial charge is 0.311 e. The molecule has 0 aromatic heterocycles. The van der Waals surface area contributed by atoms with Crippen molar-refractivity contribution in [2.45, 2.75) is 22.6 Å². The van der Waals surface area contributed by atoms with Crippen molar-refractivity contribution < 1.29 is 21.6 Å². The maximum absolute atomic E-state index is 13.3. The number of fused-ring (bicyclic) bond motifs is 1. The van der Waals surface area contributed by atoms with Gasteiger partial charge in [-0.15, -0.1) is 0 Å². The molecule has 3 aromatic carbocycles. The zero-order valence-corrected chi connectivity index (χ0v) is 18.4. The van der Waals surface area contributed by atoms with E-state index in [2.05, 4.69) is 0 Å². The molecular formula is C22H20N2O5S2. The van der Waals surface area contributed by atoms with Crippen LogP contribution in [-0.4, -0.2) is 42.1 Å². The molecule has 160 valence electrons. The zero-order valence-electron chi connectivity index (χ0n) is 16.8. The molecule has 0 bridgehead atoms. The minimum absolute atomic E-state index is 0.213. The zero-order chi connectivity index (χ0) is 22.0. The van der Waals surface area contributed by atoms with E-state index in [0.717, 1.165) is 17.2 Å². The van der Waals surface area contributed by atoms with Crippen molar-refractivity contribution in [2.24, 2.45) is 0 Å². The number of amides is 1. The molecule has 0 N–H and O–H groups in total. The van der Waals surface area contributed by atoms with E-state index < -0.39 is 19.9 Å². The molecule has 2 aliphatic heterocycles. The molecule has 0 saturated carbocycles. The Morgan fingerprint density at radius 2 is 1.77 bits per heavy atom. The van der Waals surface area contributed by atoms with Crippen LogP contribution in [0.25, 0.3) is 10.8 Å². The predicted molar refractivity (Wildman–Crippen MR) is 119 cm³/mol. The number of anilines is 2. The minimum atomic E-state index is -3.83. The van der Waals surface area contributed by atoms with E-state index in [4.69, 9.17) is 0 Å². The van der Waals surface area contributed by atoms with Gasteiger partial charge in [0.15, 0.2) is 9.84 Å². The lowest BCUT2D eigenvalue weighted by Crippen LogP contribution is -2.43. The average Bonchev–Trinajstić information content (AvgIpc) is 2.95. The predicted octanol–water partition coefficient (Wildman–Crippen LogP) is 2.73. The summed E-state index contributed by atoms with van der Waals surface area (Å²) < 4.78 is 51.3. The molecular weight excluding hydrogens is 436 g/mol. The lowest BCUT2D eigenvalue weighted by Gasteiger charge is -2.31. The Morgan fingerprint density at radius 1 is 1.03 bits per heavy atom. The number of carbonyl (C=O) groups excluding carboxylic acids is 1. The molecule has 2 heterocycles. The SMILES string of the molecule is CS(=O)(=O)c1ccc2c(c1)CCCN2C(=O)CN1c2cccc3cccc(c23)S1(=O)=O. The summed E-state index contributed by atoms with van der Waals surface area (Å²) in [7, 11) is -7.18. The number of hydrogen-bond donors (Lipinski definition) is 0. The number of rotatable bonds is 3. The van der Waals surface area contributed by atoms with E-state index in [1.54, 1.807) is 41.3 Å². The number of sulfonamides is 1. The van der Waals surface area contributed by atoms with Crippen LogP contribution < -0.4 is 9.21 Å². The van der Waals surface area contributed by atoms with Crippen LogP contribution in [0.2, 0.25) is 0 Å². The van der Waals surface area contributed by atoms with Crippen molar-refractivity contribution in [3.63, 3.8) is 0 Å². The number of benzene rings is 3. The van der Waals surface area contributed by atoms with E-state index in [0.29, 0.717) is 36.1 Å². The van der Waals surface area contributed by atoms with Gasteiger partial charge in [0.05, 0.1) is 15.5 Å². The summed E-state index contributed by atoms with van der Waals surface area (Å²) in [6, 6.07) is 15.2. The van der Waals surface area contributed by atoms with Gasteiger partial charge in [0, 0.05) is 23.9 Å². The van der Waals surface area contributed by atoms with Crippen molar-refractivity contribution in [3.05, 3.63) is 60.2 Å². The number of hydrogen-bond acceptors (Lipinski definition) is 5. The van der Waals surface area contributed by atoms with Crippen molar-refractivity contribution >= 4 is 47.9 Å². The molecule has 2 aliphatic rings. The Morgan fingerprint density at radius 3 is 2.52 bits per heavy atom. The highest BCUT2D eigenvalue weighted by molar-refractivity contribution is 7.93. The molecule has 31 heavy (non-hydrogen) atoms. The van der Waals surface area contributed by atoms with Gasteiger partial charge in [-0.2, -0.15) is 0 Å². The van der Waals surface area contributed by atoms with Gasteiger partial charge in [0.25, 0.3) is 10.0 Å².